The van der Waals surface area contributed by atoms with Crippen LogP contribution < -0.4 is 10.6 Å². The van der Waals surface area contributed by atoms with Crippen molar-refractivity contribution in [3.63, 3.8) is 0 Å². The van der Waals surface area contributed by atoms with Gasteiger partial charge in [-0.1, -0.05) is 19.1 Å². The number of aromatic hydroxyl groups is 2. The maximum atomic E-state index is 11.4. The summed E-state index contributed by atoms with van der Waals surface area (Å²) in [6, 6.07) is 12.1. The van der Waals surface area contributed by atoms with Crippen LogP contribution in [0.5, 0.6) is 11.5 Å². The van der Waals surface area contributed by atoms with Gasteiger partial charge in [0.25, 0.3) is 0 Å². The van der Waals surface area contributed by atoms with Crippen molar-refractivity contribution >= 4 is 17.3 Å². The fourth-order valence-electron chi connectivity index (χ4n) is 1.84. The summed E-state index contributed by atoms with van der Waals surface area (Å²) in [5.41, 5.74) is 2.44. The molecule has 0 heterocycles. The zero-order valence-electron chi connectivity index (χ0n) is 11.8. The molecule has 0 fully saturated rings. The number of hydrogen-bond acceptors (Lipinski definition) is 4. The third-order valence-corrected chi connectivity index (χ3v) is 3.00. The molecule has 0 saturated heterocycles. The van der Waals surface area contributed by atoms with Crippen molar-refractivity contribution in [3.8, 4) is 11.5 Å². The zero-order chi connectivity index (χ0) is 15.2. The second kappa shape index (κ2) is 6.65. The summed E-state index contributed by atoms with van der Waals surface area (Å²) in [5.74, 6) is -0.308. The highest BCUT2D eigenvalue weighted by atomic mass is 16.3. The number of nitrogens with one attached hydrogen (secondary N) is 2. The van der Waals surface area contributed by atoms with E-state index >= 15 is 0 Å². The normalized spacial score (nSPS) is 10.1. The van der Waals surface area contributed by atoms with Gasteiger partial charge in [0.2, 0.25) is 5.91 Å². The fraction of sp³-hybridized carbons (Fsp3) is 0.188. The van der Waals surface area contributed by atoms with Gasteiger partial charge in [0.15, 0.2) is 11.5 Å². The Hall–Kier alpha value is -2.69. The maximum Gasteiger partial charge on any atom is 0.224 e. The van der Waals surface area contributed by atoms with E-state index in [0.29, 0.717) is 13.0 Å². The third-order valence-electron chi connectivity index (χ3n) is 3.00. The summed E-state index contributed by atoms with van der Waals surface area (Å²) < 4.78 is 0. The average molecular weight is 286 g/mol. The minimum absolute atomic E-state index is 0.0318. The van der Waals surface area contributed by atoms with Gasteiger partial charge in [0, 0.05) is 24.3 Å². The minimum atomic E-state index is -0.141. The Morgan fingerprint density at radius 2 is 1.81 bits per heavy atom. The molecule has 2 aromatic carbocycles. The molecule has 0 unspecified atom stereocenters. The van der Waals surface area contributed by atoms with Crippen molar-refractivity contribution in [2.45, 2.75) is 19.9 Å². The molecule has 2 rings (SSSR count). The first kappa shape index (κ1) is 14.7. The largest absolute Gasteiger partial charge is 0.504 e. The molecule has 0 radical (unpaired) electrons. The smallest absolute Gasteiger partial charge is 0.224 e. The van der Waals surface area contributed by atoms with Gasteiger partial charge in [-0.15, -0.1) is 0 Å². The topological polar surface area (TPSA) is 81.6 Å². The molecule has 0 aliphatic heterocycles. The van der Waals surface area contributed by atoms with Gasteiger partial charge in [-0.2, -0.15) is 0 Å². The summed E-state index contributed by atoms with van der Waals surface area (Å²) in [7, 11) is 0. The van der Waals surface area contributed by atoms with Gasteiger partial charge >= 0.3 is 0 Å². The van der Waals surface area contributed by atoms with E-state index in [1.807, 2.05) is 24.3 Å². The molecule has 0 aliphatic carbocycles. The molecule has 0 saturated carbocycles. The highest BCUT2D eigenvalue weighted by molar-refractivity contribution is 5.90. The first-order valence-electron chi connectivity index (χ1n) is 6.73. The van der Waals surface area contributed by atoms with Crippen LogP contribution in [0.2, 0.25) is 0 Å². The lowest BCUT2D eigenvalue weighted by Gasteiger charge is -2.10. The SMILES string of the molecule is CCC(=O)Nc1cccc(NCc2ccc(O)c(O)c2)c1. The molecular weight excluding hydrogens is 268 g/mol. The average Bonchev–Trinajstić information content (AvgIpc) is 2.49. The Morgan fingerprint density at radius 1 is 1.05 bits per heavy atom. The summed E-state index contributed by atoms with van der Waals surface area (Å²) in [4.78, 5) is 11.4. The molecule has 5 nitrogen and oxygen atoms in total. The summed E-state index contributed by atoms with van der Waals surface area (Å²) in [5, 5.41) is 24.7. The van der Waals surface area contributed by atoms with E-state index in [9.17, 15) is 15.0 Å². The number of benzene rings is 2. The number of phenols is 2. The number of anilines is 2. The van der Waals surface area contributed by atoms with Crippen LogP contribution in [-0.2, 0) is 11.3 Å². The van der Waals surface area contributed by atoms with E-state index in [2.05, 4.69) is 10.6 Å². The minimum Gasteiger partial charge on any atom is -0.504 e. The van der Waals surface area contributed by atoms with Gasteiger partial charge in [-0.25, -0.2) is 0 Å². The van der Waals surface area contributed by atoms with Gasteiger partial charge in [-0.3, -0.25) is 4.79 Å². The quantitative estimate of drug-likeness (QED) is 0.637. The van der Waals surface area contributed by atoms with Crippen LogP contribution >= 0.6 is 0 Å². The molecule has 0 aromatic heterocycles. The second-order valence-corrected chi connectivity index (χ2v) is 4.66. The van der Waals surface area contributed by atoms with E-state index in [1.54, 1.807) is 13.0 Å². The Morgan fingerprint density at radius 3 is 2.52 bits per heavy atom. The summed E-state index contributed by atoms with van der Waals surface area (Å²) >= 11 is 0. The fourth-order valence-corrected chi connectivity index (χ4v) is 1.84. The molecule has 5 heteroatoms. The molecule has 1 amide bonds. The number of carbonyl (C=O) groups excluding carboxylic acids is 1. The van der Waals surface area contributed by atoms with Crippen molar-refractivity contribution in [1.29, 1.82) is 0 Å². The third kappa shape index (κ3) is 4.14. The number of amides is 1. The van der Waals surface area contributed by atoms with Crippen molar-refractivity contribution in [2.75, 3.05) is 10.6 Å². The van der Waals surface area contributed by atoms with E-state index in [1.165, 1.54) is 12.1 Å². The molecule has 4 N–H and O–H groups in total. The highest BCUT2D eigenvalue weighted by Gasteiger charge is 2.02. The lowest BCUT2D eigenvalue weighted by atomic mass is 10.2. The second-order valence-electron chi connectivity index (χ2n) is 4.66. The van der Waals surface area contributed by atoms with E-state index in [0.717, 1.165) is 16.9 Å². The van der Waals surface area contributed by atoms with Crippen molar-refractivity contribution in [3.05, 3.63) is 48.0 Å². The molecule has 0 bridgehead atoms. The number of phenolic OH excluding ortho intramolecular Hbond substituents is 2. The molecule has 0 atom stereocenters. The molecular formula is C16H18N2O3. The molecule has 0 aliphatic rings. The standard InChI is InChI=1S/C16H18N2O3/c1-2-16(21)18-13-5-3-4-12(9-13)17-10-11-6-7-14(19)15(20)8-11/h3-9,17,19-20H,2,10H2,1H3,(H,18,21). The van der Waals surface area contributed by atoms with Gasteiger partial charge in [0.05, 0.1) is 0 Å². The summed E-state index contributed by atoms with van der Waals surface area (Å²) in [6.07, 6.45) is 0.435. The Kier molecular flexibility index (Phi) is 4.66. The monoisotopic (exact) mass is 286 g/mol. The Labute approximate surface area is 123 Å². The Bertz CT molecular complexity index is 641. The van der Waals surface area contributed by atoms with Crippen LogP contribution in [0.3, 0.4) is 0 Å². The number of carbonyl (C=O) groups is 1. The van der Waals surface area contributed by atoms with Gasteiger partial charge < -0.3 is 20.8 Å². The molecule has 0 spiro atoms. The lowest BCUT2D eigenvalue weighted by molar-refractivity contribution is -0.115. The molecule has 2 aromatic rings. The van der Waals surface area contributed by atoms with E-state index < -0.39 is 0 Å². The molecule has 21 heavy (non-hydrogen) atoms. The van der Waals surface area contributed by atoms with Crippen LogP contribution in [0.15, 0.2) is 42.5 Å². The Balaban J connectivity index is 2.01. The highest BCUT2D eigenvalue weighted by Crippen LogP contribution is 2.25. The van der Waals surface area contributed by atoms with Crippen LogP contribution in [0, 0.1) is 0 Å². The van der Waals surface area contributed by atoms with E-state index in [-0.39, 0.29) is 17.4 Å². The zero-order valence-corrected chi connectivity index (χ0v) is 11.8. The number of rotatable bonds is 5. The first-order chi connectivity index (χ1) is 10.1. The van der Waals surface area contributed by atoms with Crippen LogP contribution in [0.4, 0.5) is 11.4 Å². The van der Waals surface area contributed by atoms with Gasteiger partial charge in [-0.05, 0) is 35.9 Å². The maximum absolute atomic E-state index is 11.4. The van der Waals surface area contributed by atoms with Crippen LogP contribution in [0.1, 0.15) is 18.9 Å². The van der Waals surface area contributed by atoms with Gasteiger partial charge in [0.1, 0.15) is 0 Å². The van der Waals surface area contributed by atoms with Crippen molar-refractivity contribution in [2.24, 2.45) is 0 Å². The number of hydrogen-bond donors (Lipinski definition) is 4. The van der Waals surface area contributed by atoms with Crippen LogP contribution in [0.25, 0.3) is 0 Å². The first-order valence-corrected chi connectivity index (χ1v) is 6.73. The van der Waals surface area contributed by atoms with Crippen molar-refractivity contribution < 1.29 is 15.0 Å². The summed E-state index contributed by atoms with van der Waals surface area (Å²) in [6.45, 7) is 2.30. The predicted molar refractivity (Wildman–Crippen MR) is 82.5 cm³/mol. The van der Waals surface area contributed by atoms with E-state index in [4.69, 9.17) is 0 Å². The molecule has 110 valence electrons. The predicted octanol–water partition coefficient (Wildman–Crippen LogP) is 3.06. The van der Waals surface area contributed by atoms with Crippen molar-refractivity contribution in [1.82, 2.24) is 0 Å². The van der Waals surface area contributed by atoms with Crippen LogP contribution in [-0.4, -0.2) is 16.1 Å². The lowest BCUT2D eigenvalue weighted by Crippen LogP contribution is -2.09.